The monoisotopic (exact) mass is 329 g/mol. The Balaban J connectivity index is 1.52. The Labute approximate surface area is 146 Å². The van der Waals surface area contributed by atoms with Gasteiger partial charge in [-0.25, -0.2) is 0 Å². The lowest BCUT2D eigenvalue weighted by atomic mass is 9.82. The summed E-state index contributed by atoms with van der Waals surface area (Å²) in [5.74, 6) is 0. The number of nitriles is 1. The summed E-state index contributed by atoms with van der Waals surface area (Å²) in [6.07, 6.45) is 4.17. The standard InChI is InChI=1S/C20H19N5/c21-7-10-24-8-5-20(14-24)6-9-25-19(20)12-18(23-25)16-11-15-3-1-2-4-17(15)22-13-16/h1-4,11-13H,5-6,8-10,14H2. The Kier molecular flexibility index (Phi) is 3.16. The average Bonchev–Trinajstić information content (AvgIpc) is 3.32. The smallest absolute Gasteiger partial charge is 0.0941 e. The van der Waals surface area contributed by atoms with Gasteiger partial charge in [-0.2, -0.15) is 10.4 Å². The molecule has 1 saturated heterocycles. The number of hydrogen-bond donors (Lipinski definition) is 0. The Morgan fingerprint density at radius 3 is 2.96 bits per heavy atom. The second kappa shape index (κ2) is 5.40. The molecule has 5 heteroatoms. The normalized spacial score (nSPS) is 22.5. The minimum Gasteiger partial charge on any atom is -0.290 e. The molecule has 25 heavy (non-hydrogen) atoms. The van der Waals surface area contributed by atoms with Crippen LogP contribution in [0.3, 0.4) is 0 Å². The first-order valence-electron chi connectivity index (χ1n) is 8.80. The van der Waals surface area contributed by atoms with Crippen molar-refractivity contribution in [1.29, 1.82) is 5.26 Å². The maximum absolute atomic E-state index is 8.98. The van der Waals surface area contributed by atoms with E-state index in [1.54, 1.807) is 0 Å². The molecule has 0 aliphatic carbocycles. The maximum Gasteiger partial charge on any atom is 0.0941 e. The first-order valence-corrected chi connectivity index (χ1v) is 8.80. The summed E-state index contributed by atoms with van der Waals surface area (Å²) in [4.78, 5) is 6.84. The van der Waals surface area contributed by atoms with Gasteiger partial charge in [0.15, 0.2) is 0 Å². The van der Waals surface area contributed by atoms with E-state index in [1.165, 1.54) is 5.69 Å². The van der Waals surface area contributed by atoms with Gasteiger partial charge in [0.2, 0.25) is 0 Å². The van der Waals surface area contributed by atoms with Crippen molar-refractivity contribution in [2.24, 2.45) is 0 Å². The minimum absolute atomic E-state index is 0.173. The van der Waals surface area contributed by atoms with Gasteiger partial charge in [0, 0.05) is 47.9 Å². The van der Waals surface area contributed by atoms with E-state index in [0.717, 1.165) is 54.6 Å². The highest BCUT2D eigenvalue weighted by molar-refractivity contribution is 5.82. The number of pyridine rings is 1. The Morgan fingerprint density at radius 2 is 2.04 bits per heavy atom. The summed E-state index contributed by atoms with van der Waals surface area (Å²) >= 11 is 0. The lowest BCUT2D eigenvalue weighted by molar-refractivity contribution is 0.341. The summed E-state index contributed by atoms with van der Waals surface area (Å²) in [5.41, 5.74) is 4.59. The number of rotatable bonds is 2. The Hall–Kier alpha value is -2.71. The van der Waals surface area contributed by atoms with Crippen LogP contribution in [0.4, 0.5) is 0 Å². The molecule has 1 fully saturated rings. The van der Waals surface area contributed by atoms with Gasteiger partial charge in [-0.3, -0.25) is 14.6 Å². The lowest BCUT2D eigenvalue weighted by Crippen LogP contribution is -2.29. The molecule has 1 unspecified atom stereocenters. The lowest BCUT2D eigenvalue weighted by Gasteiger charge is -2.22. The van der Waals surface area contributed by atoms with Gasteiger partial charge in [-0.1, -0.05) is 18.2 Å². The fourth-order valence-corrected chi connectivity index (χ4v) is 4.42. The van der Waals surface area contributed by atoms with Crippen molar-refractivity contribution in [2.45, 2.75) is 24.8 Å². The average molecular weight is 329 g/mol. The highest BCUT2D eigenvalue weighted by Crippen LogP contribution is 2.43. The molecule has 0 saturated carbocycles. The van der Waals surface area contributed by atoms with E-state index in [1.807, 2.05) is 24.4 Å². The summed E-state index contributed by atoms with van der Waals surface area (Å²) in [5, 5.41) is 15.0. The summed E-state index contributed by atoms with van der Waals surface area (Å²) in [7, 11) is 0. The number of nitrogens with zero attached hydrogens (tertiary/aromatic N) is 5. The third kappa shape index (κ3) is 2.25. The van der Waals surface area contributed by atoms with Crippen LogP contribution < -0.4 is 0 Å². The molecule has 0 amide bonds. The number of aryl methyl sites for hydroxylation is 1. The van der Waals surface area contributed by atoms with Gasteiger partial charge in [-0.15, -0.1) is 0 Å². The molecule has 2 aliphatic heterocycles. The van der Waals surface area contributed by atoms with E-state index in [2.05, 4.69) is 38.8 Å². The zero-order valence-corrected chi connectivity index (χ0v) is 14.0. The fourth-order valence-electron chi connectivity index (χ4n) is 4.42. The van der Waals surface area contributed by atoms with E-state index >= 15 is 0 Å². The highest BCUT2D eigenvalue weighted by atomic mass is 15.3. The first kappa shape index (κ1) is 14.6. The molecule has 2 aromatic heterocycles. The molecule has 1 atom stereocenters. The van der Waals surface area contributed by atoms with E-state index in [0.29, 0.717) is 6.54 Å². The predicted octanol–water partition coefficient (Wildman–Crippen LogP) is 2.97. The van der Waals surface area contributed by atoms with Gasteiger partial charge in [0.25, 0.3) is 0 Å². The topological polar surface area (TPSA) is 57.7 Å². The molecule has 5 rings (SSSR count). The molecule has 0 bridgehead atoms. The SMILES string of the molecule is N#CCN1CCC2(CCn3nc(-c4cnc5ccccc5c4)cc32)C1. The van der Waals surface area contributed by atoms with Crippen LogP contribution in [0.1, 0.15) is 18.5 Å². The number of fused-ring (bicyclic) bond motifs is 3. The molecule has 5 nitrogen and oxygen atoms in total. The zero-order valence-electron chi connectivity index (χ0n) is 14.0. The van der Waals surface area contributed by atoms with Gasteiger partial charge in [0.1, 0.15) is 0 Å². The van der Waals surface area contributed by atoms with Crippen LogP contribution in [-0.4, -0.2) is 39.3 Å². The van der Waals surface area contributed by atoms with Crippen LogP contribution in [0.15, 0.2) is 42.6 Å². The van der Waals surface area contributed by atoms with Gasteiger partial charge in [0.05, 0.1) is 23.8 Å². The van der Waals surface area contributed by atoms with E-state index < -0.39 is 0 Å². The van der Waals surface area contributed by atoms with E-state index in [-0.39, 0.29) is 5.41 Å². The Bertz CT molecular complexity index is 999. The molecule has 3 aromatic rings. The van der Waals surface area contributed by atoms with Gasteiger partial charge < -0.3 is 0 Å². The number of hydrogen-bond acceptors (Lipinski definition) is 4. The molecular formula is C20H19N5. The van der Waals surface area contributed by atoms with Crippen LogP contribution in [-0.2, 0) is 12.0 Å². The molecule has 4 heterocycles. The third-order valence-electron chi connectivity index (χ3n) is 5.74. The third-order valence-corrected chi connectivity index (χ3v) is 5.74. The number of benzene rings is 1. The van der Waals surface area contributed by atoms with Gasteiger partial charge in [-0.05, 0) is 31.0 Å². The number of aromatic nitrogens is 3. The molecule has 0 radical (unpaired) electrons. The molecule has 1 spiro atoms. The fraction of sp³-hybridized carbons (Fsp3) is 0.350. The van der Waals surface area contributed by atoms with Crippen molar-refractivity contribution in [2.75, 3.05) is 19.6 Å². The van der Waals surface area contributed by atoms with Crippen LogP contribution in [0, 0.1) is 11.3 Å². The molecule has 2 aliphatic rings. The second-order valence-corrected chi connectivity index (χ2v) is 7.20. The number of likely N-dealkylation sites (tertiary alicyclic amines) is 1. The Morgan fingerprint density at radius 1 is 1.16 bits per heavy atom. The summed E-state index contributed by atoms with van der Waals surface area (Å²) < 4.78 is 2.17. The molecule has 1 aromatic carbocycles. The maximum atomic E-state index is 8.98. The van der Waals surface area contributed by atoms with E-state index in [4.69, 9.17) is 10.4 Å². The van der Waals surface area contributed by atoms with Crippen LogP contribution in [0.25, 0.3) is 22.2 Å². The highest BCUT2D eigenvalue weighted by Gasteiger charge is 2.45. The number of para-hydroxylation sites is 1. The summed E-state index contributed by atoms with van der Waals surface area (Å²) in [6, 6.07) is 14.9. The second-order valence-electron chi connectivity index (χ2n) is 7.20. The van der Waals surface area contributed by atoms with Crippen molar-refractivity contribution in [3.63, 3.8) is 0 Å². The molecule has 124 valence electrons. The van der Waals surface area contributed by atoms with Gasteiger partial charge >= 0.3 is 0 Å². The summed E-state index contributed by atoms with van der Waals surface area (Å²) in [6.45, 7) is 3.47. The van der Waals surface area contributed by atoms with Crippen LogP contribution in [0.5, 0.6) is 0 Å². The molecule has 0 N–H and O–H groups in total. The van der Waals surface area contributed by atoms with Crippen molar-refractivity contribution in [3.8, 4) is 17.3 Å². The van der Waals surface area contributed by atoms with Crippen LogP contribution >= 0.6 is 0 Å². The molecular weight excluding hydrogens is 310 g/mol. The largest absolute Gasteiger partial charge is 0.290 e. The van der Waals surface area contributed by atoms with Crippen molar-refractivity contribution >= 4 is 10.9 Å². The minimum atomic E-state index is 0.173. The zero-order chi connectivity index (χ0) is 16.9. The van der Waals surface area contributed by atoms with Crippen molar-refractivity contribution < 1.29 is 0 Å². The van der Waals surface area contributed by atoms with E-state index in [9.17, 15) is 0 Å². The van der Waals surface area contributed by atoms with Crippen molar-refractivity contribution in [3.05, 3.63) is 48.3 Å². The van der Waals surface area contributed by atoms with Crippen LogP contribution in [0.2, 0.25) is 0 Å². The van der Waals surface area contributed by atoms with Crippen molar-refractivity contribution in [1.82, 2.24) is 19.7 Å². The quantitative estimate of drug-likeness (QED) is 0.678. The predicted molar refractivity (Wildman–Crippen MR) is 95.9 cm³/mol. The first-order chi connectivity index (χ1) is 12.3.